The highest BCUT2D eigenvalue weighted by molar-refractivity contribution is 7.98. The Morgan fingerprint density at radius 2 is 2.27 bits per heavy atom. The van der Waals surface area contributed by atoms with Crippen molar-refractivity contribution in [1.29, 1.82) is 0 Å². The fourth-order valence-electron chi connectivity index (χ4n) is 0.703. The van der Waals surface area contributed by atoms with Gasteiger partial charge in [0.25, 0.3) is 0 Å². The second kappa shape index (κ2) is 6.23. The van der Waals surface area contributed by atoms with Crippen LogP contribution in [0.25, 0.3) is 0 Å². The van der Waals surface area contributed by atoms with Crippen molar-refractivity contribution in [3.63, 3.8) is 0 Å². The molecule has 62 valence electrons. The second-order valence-corrected chi connectivity index (χ2v) is 2.96. The molecule has 0 heterocycles. The Morgan fingerprint density at radius 1 is 1.64 bits per heavy atom. The molecule has 0 aliphatic heterocycles. The van der Waals surface area contributed by atoms with Crippen LogP contribution in [0.3, 0.4) is 0 Å². The zero-order valence-electron chi connectivity index (χ0n) is 6.93. The van der Waals surface area contributed by atoms with Crippen LogP contribution in [-0.4, -0.2) is 0 Å². The van der Waals surface area contributed by atoms with Gasteiger partial charge in [0.05, 0.1) is 12.1 Å². The minimum Gasteiger partial charge on any atom is -0.160 e. The van der Waals surface area contributed by atoms with Crippen LogP contribution in [0.4, 0.5) is 3.89 Å². The van der Waals surface area contributed by atoms with E-state index in [0.29, 0.717) is 4.91 Å². The first-order valence-corrected chi connectivity index (χ1v) is 4.24. The maximum absolute atomic E-state index is 11.9. The van der Waals surface area contributed by atoms with Gasteiger partial charge in [0.2, 0.25) is 0 Å². The van der Waals surface area contributed by atoms with Crippen molar-refractivity contribution < 1.29 is 3.89 Å². The molecule has 0 radical (unpaired) electrons. The van der Waals surface area contributed by atoms with Gasteiger partial charge >= 0.3 is 0 Å². The topological polar surface area (TPSA) is 0 Å². The van der Waals surface area contributed by atoms with Crippen molar-refractivity contribution in [3.05, 3.63) is 35.3 Å². The molecular weight excluding hydrogens is 159 g/mol. The van der Waals surface area contributed by atoms with Crippen LogP contribution in [0.2, 0.25) is 0 Å². The van der Waals surface area contributed by atoms with Crippen molar-refractivity contribution in [2.45, 2.75) is 20.3 Å². The first kappa shape index (κ1) is 10.5. The Kier molecular flexibility index (Phi) is 5.94. The smallest absolute Gasteiger partial charge is 0.0764 e. The van der Waals surface area contributed by atoms with Gasteiger partial charge in [0, 0.05) is 4.91 Å². The molecule has 0 atom stereocenters. The van der Waals surface area contributed by atoms with Crippen LogP contribution in [0.1, 0.15) is 20.3 Å². The van der Waals surface area contributed by atoms with E-state index in [4.69, 9.17) is 0 Å². The van der Waals surface area contributed by atoms with E-state index in [1.165, 1.54) is 0 Å². The molecule has 0 saturated carbocycles. The summed E-state index contributed by atoms with van der Waals surface area (Å²) in [4.78, 5) is 0.681. The summed E-state index contributed by atoms with van der Waals surface area (Å²) >= 11 is 0.280. The number of hydrogen-bond acceptors (Lipinski definition) is 1. The second-order valence-electron chi connectivity index (χ2n) is 2.16. The van der Waals surface area contributed by atoms with Crippen molar-refractivity contribution >= 4 is 12.1 Å². The zero-order valence-corrected chi connectivity index (χ0v) is 7.75. The van der Waals surface area contributed by atoms with Gasteiger partial charge in [-0.25, -0.2) is 0 Å². The predicted octanol–water partition coefficient (Wildman–Crippen LogP) is 4.03. The van der Waals surface area contributed by atoms with Gasteiger partial charge in [-0.2, -0.15) is 3.89 Å². The number of rotatable bonds is 4. The molecule has 0 rings (SSSR count). The van der Waals surface area contributed by atoms with E-state index in [0.717, 1.165) is 12.0 Å². The maximum Gasteiger partial charge on any atom is 0.0764 e. The van der Waals surface area contributed by atoms with E-state index in [-0.39, 0.29) is 12.1 Å². The fourth-order valence-corrected chi connectivity index (χ4v) is 0.899. The van der Waals surface area contributed by atoms with Crippen LogP contribution in [0.15, 0.2) is 35.3 Å². The van der Waals surface area contributed by atoms with Crippen molar-refractivity contribution in [2.75, 3.05) is 0 Å². The largest absolute Gasteiger partial charge is 0.160 e. The average molecular weight is 172 g/mol. The summed E-state index contributed by atoms with van der Waals surface area (Å²) < 4.78 is 11.9. The van der Waals surface area contributed by atoms with Gasteiger partial charge in [-0.1, -0.05) is 25.7 Å². The SMILES string of the molecule is C=C/C=C(\C=C(/C)SF)CC. The third kappa shape index (κ3) is 4.85. The van der Waals surface area contributed by atoms with Gasteiger partial charge < -0.3 is 0 Å². The molecule has 0 amide bonds. The van der Waals surface area contributed by atoms with Gasteiger partial charge in [-0.15, -0.1) is 0 Å². The third-order valence-electron chi connectivity index (χ3n) is 1.25. The summed E-state index contributed by atoms with van der Waals surface area (Å²) in [7, 11) is 0. The van der Waals surface area contributed by atoms with Crippen molar-refractivity contribution in [1.82, 2.24) is 0 Å². The zero-order chi connectivity index (χ0) is 8.69. The molecule has 0 nitrogen and oxygen atoms in total. The van der Waals surface area contributed by atoms with Crippen LogP contribution in [0.5, 0.6) is 0 Å². The normalized spacial score (nSPS) is 13.4. The molecule has 0 fully saturated rings. The predicted molar refractivity (Wildman–Crippen MR) is 51.0 cm³/mol. The Labute approximate surface area is 72.2 Å². The monoisotopic (exact) mass is 172 g/mol. The molecule has 2 heteroatoms. The highest BCUT2D eigenvalue weighted by Crippen LogP contribution is 2.18. The molecule has 0 aromatic heterocycles. The highest BCUT2D eigenvalue weighted by Gasteiger charge is 1.91. The summed E-state index contributed by atoms with van der Waals surface area (Å²) in [5.41, 5.74) is 1.10. The van der Waals surface area contributed by atoms with Crippen molar-refractivity contribution in [2.24, 2.45) is 0 Å². The lowest BCUT2D eigenvalue weighted by Crippen LogP contribution is -1.74. The summed E-state index contributed by atoms with van der Waals surface area (Å²) in [6.45, 7) is 7.35. The Hall–Kier alpha value is -0.500. The molecule has 0 aromatic rings. The molecule has 0 aliphatic carbocycles. The van der Waals surface area contributed by atoms with Gasteiger partial charge in [0.1, 0.15) is 0 Å². The number of halogens is 1. The van der Waals surface area contributed by atoms with E-state index in [1.807, 2.05) is 19.1 Å². The molecule has 0 saturated heterocycles. The maximum atomic E-state index is 11.9. The van der Waals surface area contributed by atoms with E-state index in [9.17, 15) is 3.89 Å². The molecule has 0 unspecified atom stereocenters. The van der Waals surface area contributed by atoms with Crippen molar-refractivity contribution in [3.8, 4) is 0 Å². The minimum atomic E-state index is 0.280. The molecule has 0 bridgehead atoms. The first-order chi connectivity index (χ1) is 5.24. The fraction of sp³-hybridized carbons (Fsp3) is 0.333. The lowest BCUT2D eigenvalue weighted by Gasteiger charge is -1.95. The summed E-state index contributed by atoms with van der Waals surface area (Å²) in [5.74, 6) is 0. The van der Waals surface area contributed by atoms with Crippen LogP contribution in [-0.2, 0) is 0 Å². The molecule has 0 spiro atoms. The minimum absolute atomic E-state index is 0.280. The Balaban J connectivity index is 4.28. The van der Waals surface area contributed by atoms with Gasteiger partial charge in [-0.05, 0) is 25.0 Å². The Morgan fingerprint density at radius 3 is 2.64 bits per heavy atom. The quantitative estimate of drug-likeness (QED) is 0.577. The highest BCUT2D eigenvalue weighted by atomic mass is 32.2. The molecule has 0 N–H and O–H groups in total. The molecule has 0 aliphatic rings. The molecule has 11 heavy (non-hydrogen) atoms. The lowest BCUT2D eigenvalue weighted by atomic mass is 10.2. The third-order valence-corrected chi connectivity index (χ3v) is 1.61. The molecule has 0 aromatic carbocycles. The van der Waals surface area contributed by atoms with Crippen LogP contribution in [0, 0.1) is 0 Å². The number of hydrogen-bond donors (Lipinski definition) is 0. The lowest BCUT2D eigenvalue weighted by molar-refractivity contribution is 0.943. The van der Waals surface area contributed by atoms with Crippen LogP contribution < -0.4 is 0 Å². The average Bonchev–Trinajstić information content (AvgIpc) is 2.03. The Bertz CT molecular complexity index is 180. The van der Waals surface area contributed by atoms with Gasteiger partial charge in [-0.3, -0.25) is 0 Å². The van der Waals surface area contributed by atoms with Gasteiger partial charge in [0.15, 0.2) is 0 Å². The van der Waals surface area contributed by atoms with E-state index < -0.39 is 0 Å². The summed E-state index contributed by atoms with van der Waals surface area (Å²) in [5, 5.41) is 0. The van der Waals surface area contributed by atoms with E-state index >= 15 is 0 Å². The van der Waals surface area contributed by atoms with Crippen LogP contribution >= 0.6 is 12.1 Å². The summed E-state index contributed by atoms with van der Waals surface area (Å²) in [6.07, 6.45) is 6.33. The van der Waals surface area contributed by atoms with E-state index in [2.05, 4.69) is 6.58 Å². The summed E-state index contributed by atoms with van der Waals surface area (Å²) in [6, 6.07) is 0. The van der Waals surface area contributed by atoms with E-state index in [1.54, 1.807) is 13.0 Å². The number of allylic oxidation sites excluding steroid dienone is 5. The first-order valence-electron chi connectivity index (χ1n) is 3.53. The molecular formula is C9H13FS. The standard InChI is InChI=1S/C9H13FS/c1-4-6-9(5-2)7-8(3)11-10/h4,6-7H,1,5H2,2-3H3/b8-7+,9-6-.